The molecule has 0 aromatic carbocycles. The molecule has 5 nitrogen and oxygen atoms in total. The Kier molecular flexibility index (Phi) is 5.03. The van der Waals surface area contributed by atoms with Crippen LogP contribution in [0.2, 0.25) is 0 Å². The van der Waals surface area contributed by atoms with Crippen molar-refractivity contribution >= 4 is 11.7 Å². The van der Waals surface area contributed by atoms with E-state index in [4.69, 9.17) is 22.6 Å². The van der Waals surface area contributed by atoms with E-state index in [-0.39, 0.29) is 5.84 Å². The number of hydrogen-bond acceptors (Lipinski definition) is 3. The fourth-order valence-corrected chi connectivity index (χ4v) is 0.822. The predicted molar refractivity (Wildman–Crippen MR) is 47.6 cm³/mol. The Hall–Kier alpha value is -1.10. The SMILES string of the molecule is N=C(N)CCCCC(N)C(N)=O. The standard InChI is InChI=1S/C7H16N4O/c8-5(7(11)12)3-1-2-4-6(9)10/h5H,1-4,8H2,(H3,9,10)(H2,11,12). The molecule has 0 radical (unpaired) electrons. The smallest absolute Gasteiger partial charge is 0.234 e. The molecule has 7 N–H and O–H groups in total. The first-order valence-corrected chi connectivity index (χ1v) is 3.92. The molecule has 0 aromatic heterocycles. The number of primary amides is 1. The normalized spacial score (nSPS) is 12.4. The summed E-state index contributed by atoms with van der Waals surface area (Å²) in [6, 6.07) is -0.558. The zero-order chi connectivity index (χ0) is 9.56. The van der Waals surface area contributed by atoms with Crippen molar-refractivity contribution in [2.75, 3.05) is 0 Å². The number of nitrogens with one attached hydrogen (secondary N) is 1. The van der Waals surface area contributed by atoms with Crippen molar-refractivity contribution in [1.82, 2.24) is 0 Å². The van der Waals surface area contributed by atoms with Gasteiger partial charge in [-0.3, -0.25) is 10.2 Å². The van der Waals surface area contributed by atoms with Crippen LogP contribution >= 0.6 is 0 Å². The lowest BCUT2D eigenvalue weighted by Gasteiger charge is -2.05. The van der Waals surface area contributed by atoms with Gasteiger partial charge in [0.25, 0.3) is 0 Å². The fraction of sp³-hybridized carbons (Fsp3) is 0.714. The van der Waals surface area contributed by atoms with Crippen molar-refractivity contribution in [3.8, 4) is 0 Å². The van der Waals surface area contributed by atoms with E-state index in [1.54, 1.807) is 0 Å². The molecule has 0 rings (SSSR count). The van der Waals surface area contributed by atoms with E-state index in [0.717, 1.165) is 12.8 Å². The van der Waals surface area contributed by atoms with Gasteiger partial charge in [0.2, 0.25) is 5.91 Å². The van der Waals surface area contributed by atoms with Gasteiger partial charge in [-0.15, -0.1) is 0 Å². The number of carbonyl (C=O) groups excluding carboxylic acids is 1. The number of nitrogens with two attached hydrogens (primary N) is 3. The molecule has 0 saturated heterocycles. The van der Waals surface area contributed by atoms with E-state index in [2.05, 4.69) is 0 Å². The molecular weight excluding hydrogens is 156 g/mol. The highest BCUT2D eigenvalue weighted by Gasteiger charge is 2.07. The van der Waals surface area contributed by atoms with Crippen molar-refractivity contribution < 1.29 is 4.79 Å². The minimum Gasteiger partial charge on any atom is -0.388 e. The summed E-state index contributed by atoms with van der Waals surface area (Å²) in [6.07, 6.45) is 2.70. The van der Waals surface area contributed by atoms with Crippen molar-refractivity contribution in [3.63, 3.8) is 0 Å². The number of rotatable bonds is 6. The van der Waals surface area contributed by atoms with Crippen LogP contribution in [-0.4, -0.2) is 17.8 Å². The van der Waals surface area contributed by atoms with Gasteiger partial charge < -0.3 is 17.2 Å². The van der Waals surface area contributed by atoms with E-state index in [1.165, 1.54) is 0 Å². The predicted octanol–water partition coefficient (Wildman–Crippen LogP) is -0.705. The maximum atomic E-state index is 10.5. The Morgan fingerprint density at radius 3 is 2.33 bits per heavy atom. The number of amidine groups is 1. The number of amides is 1. The Labute approximate surface area is 71.8 Å². The molecule has 1 amide bonds. The number of hydrogen-bond donors (Lipinski definition) is 4. The van der Waals surface area contributed by atoms with Crippen LogP contribution in [0.1, 0.15) is 25.7 Å². The highest BCUT2D eigenvalue weighted by atomic mass is 16.1. The Morgan fingerprint density at radius 1 is 1.33 bits per heavy atom. The molecule has 1 atom stereocenters. The van der Waals surface area contributed by atoms with Crippen LogP contribution in [0.5, 0.6) is 0 Å². The molecule has 0 aromatic rings. The second kappa shape index (κ2) is 5.54. The van der Waals surface area contributed by atoms with E-state index in [1.807, 2.05) is 0 Å². The van der Waals surface area contributed by atoms with Crippen LogP contribution in [0.3, 0.4) is 0 Å². The third-order valence-electron chi connectivity index (χ3n) is 1.58. The van der Waals surface area contributed by atoms with Crippen molar-refractivity contribution in [2.24, 2.45) is 17.2 Å². The van der Waals surface area contributed by atoms with Gasteiger partial charge in [0.05, 0.1) is 11.9 Å². The zero-order valence-corrected chi connectivity index (χ0v) is 7.05. The lowest BCUT2D eigenvalue weighted by molar-refractivity contribution is -0.119. The van der Waals surface area contributed by atoms with Crippen LogP contribution in [0, 0.1) is 5.41 Å². The summed E-state index contributed by atoms with van der Waals surface area (Å²) >= 11 is 0. The summed E-state index contributed by atoms with van der Waals surface area (Å²) in [7, 11) is 0. The monoisotopic (exact) mass is 172 g/mol. The van der Waals surface area contributed by atoms with Crippen molar-refractivity contribution in [2.45, 2.75) is 31.7 Å². The molecule has 1 unspecified atom stereocenters. The van der Waals surface area contributed by atoms with Gasteiger partial charge in [-0.1, -0.05) is 6.42 Å². The van der Waals surface area contributed by atoms with Gasteiger partial charge >= 0.3 is 0 Å². The van der Waals surface area contributed by atoms with Crippen LogP contribution in [0.15, 0.2) is 0 Å². The van der Waals surface area contributed by atoms with Crippen molar-refractivity contribution in [1.29, 1.82) is 5.41 Å². The van der Waals surface area contributed by atoms with Gasteiger partial charge in [0.15, 0.2) is 0 Å². The van der Waals surface area contributed by atoms with Crippen molar-refractivity contribution in [3.05, 3.63) is 0 Å². The molecule has 0 spiro atoms. The van der Waals surface area contributed by atoms with Gasteiger partial charge in [-0.2, -0.15) is 0 Å². The zero-order valence-electron chi connectivity index (χ0n) is 7.05. The first-order chi connectivity index (χ1) is 5.54. The topological polar surface area (TPSA) is 119 Å². The summed E-state index contributed by atoms with van der Waals surface area (Å²) in [5.41, 5.74) is 15.5. The third kappa shape index (κ3) is 5.67. The molecule has 70 valence electrons. The second-order valence-corrected chi connectivity index (χ2v) is 2.78. The lowest BCUT2D eigenvalue weighted by Crippen LogP contribution is -2.36. The third-order valence-corrected chi connectivity index (χ3v) is 1.58. The van der Waals surface area contributed by atoms with Crippen LogP contribution in [-0.2, 0) is 4.79 Å². The van der Waals surface area contributed by atoms with E-state index < -0.39 is 11.9 Å². The molecule has 0 aliphatic rings. The Bertz CT molecular complexity index is 169. The summed E-state index contributed by atoms with van der Waals surface area (Å²) in [5.74, 6) is -0.305. The maximum Gasteiger partial charge on any atom is 0.234 e. The average molecular weight is 172 g/mol. The quantitative estimate of drug-likeness (QED) is 0.241. The molecule has 5 heteroatoms. The van der Waals surface area contributed by atoms with Crippen LogP contribution in [0.4, 0.5) is 0 Å². The lowest BCUT2D eigenvalue weighted by atomic mass is 10.1. The van der Waals surface area contributed by atoms with Gasteiger partial charge in [0.1, 0.15) is 0 Å². The maximum absolute atomic E-state index is 10.5. The Morgan fingerprint density at radius 2 is 1.92 bits per heavy atom. The minimum absolute atomic E-state index is 0.169. The summed E-state index contributed by atoms with van der Waals surface area (Å²) in [4.78, 5) is 10.5. The summed E-state index contributed by atoms with van der Waals surface area (Å²) < 4.78 is 0. The highest BCUT2D eigenvalue weighted by molar-refractivity contribution is 5.79. The second-order valence-electron chi connectivity index (χ2n) is 2.78. The number of unbranched alkanes of at least 4 members (excludes halogenated alkanes) is 1. The minimum atomic E-state index is -0.558. The van der Waals surface area contributed by atoms with E-state index in [9.17, 15) is 4.79 Å². The molecule has 0 fully saturated rings. The fourth-order valence-electron chi connectivity index (χ4n) is 0.822. The van der Waals surface area contributed by atoms with Crippen LogP contribution < -0.4 is 17.2 Å². The highest BCUT2D eigenvalue weighted by Crippen LogP contribution is 2.01. The van der Waals surface area contributed by atoms with E-state index >= 15 is 0 Å². The molecule has 0 bridgehead atoms. The number of carbonyl (C=O) groups is 1. The Balaban J connectivity index is 3.31. The molecular formula is C7H16N4O. The first kappa shape index (κ1) is 10.9. The molecule has 0 heterocycles. The van der Waals surface area contributed by atoms with E-state index in [0.29, 0.717) is 12.8 Å². The molecule has 12 heavy (non-hydrogen) atoms. The van der Waals surface area contributed by atoms with Crippen LogP contribution in [0.25, 0.3) is 0 Å². The molecule has 0 aliphatic carbocycles. The summed E-state index contributed by atoms with van der Waals surface area (Å²) in [5, 5.41) is 6.92. The molecule has 0 aliphatic heterocycles. The van der Waals surface area contributed by atoms with Gasteiger partial charge in [0, 0.05) is 6.42 Å². The average Bonchev–Trinajstić information content (AvgIpc) is 1.97. The van der Waals surface area contributed by atoms with Gasteiger partial charge in [-0.25, -0.2) is 0 Å². The van der Waals surface area contributed by atoms with Gasteiger partial charge in [-0.05, 0) is 12.8 Å². The molecule has 0 saturated carbocycles. The summed E-state index contributed by atoms with van der Waals surface area (Å²) in [6.45, 7) is 0. The first-order valence-electron chi connectivity index (χ1n) is 3.92. The largest absolute Gasteiger partial charge is 0.388 e.